The number of hydrogen-bond donors (Lipinski definition) is 2. The average molecular weight is 343 g/mol. The van der Waals surface area contributed by atoms with Crippen LogP contribution in [0.3, 0.4) is 0 Å². The van der Waals surface area contributed by atoms with E-state index in [1.807, 2.05) is 18.2 Å². The highest BCUT2D eigenvalue weighted by Crippen LogP contribution is 2.37. The third-order valence-electron chi connectivity index (χ3n) is 3.89. The first-order valence-corrected chi connectivity index (χ1v) is 8.28. The highest BCUT2D eigenvalue weighted by molar-refractivity contribution is 9.10. The van der Waals surface area contributed by atoms with E-state index < -0.39 is 5.54 Å². The second-order valence-electron chi connectivity index (χ2n) is 5.06. The van der Waals surface area contributed by atoms with Crippen molar-refractivity contribution in [2.24, 2.45) is 17.4 Å². The maximum atomic E-state index is 11.5. The first-order chi connectivity index (χ1) is 9.04. The van der Waals surface area contributed by atoms with Crippen LogP contribution < -0.4 is 11.5 Å². The van der Waals surface area contributed by atoms with Gasteiger partial charge in [-0.1, -0.05) is 18.6 Å². The fourth-order valence-electron chi connectivity index (χ4n) is 2.70. The molecule has 1 aromatic rings. The van der Waals surface area contributed by atoms with Crippen LogP contribution in [-0.4, -0.2) is 17.2 Å². The van der Waals surface area contributed by atoms with Gasteiger partial charge in [0.05, 0.1) is 5.54 Å². The third kappa shape index (κ3) is 3.33. The van der Waals surface area contributed by atoms with Gasteiger partial charge < -0.3 is 11.5 Å². The van der Waals surface area contributed by atoms with Gasteiger partial charge in [0, 0.05) is 9.37 Å². The zero-order valence-corrected chi connectivity index (χ0v) is 13.2. The Kier molecular flexibility index (Phi) is 4.92. The van der Waals surface area contributed by atoms with Gasteiger partial charge in [-0.15, -0.1) is 11.8 Å². The molecule has 3 nitrogen and oxygen atoms in total. The molecule has 0 radical (unpaired) electrons. The molecule has 1 amide bonds. The Morgan fingerprint density at radius 1 is 1.47 bits per heavy atom. The van der Waals surface area contributed by atoms with Crippen LogP contribution >= 0.6 is 27.7 Å². The zero-order chi connectivity index (χ0) is 13.9. The standard InChI is InChI=1S/C14H19BrN2OS/c15-11-5-1-2-6-12(11)19-9-7-10-4-3-8-14(10,17)13(16)18/h1-2,5-6,10H,3-4,7-9,17H2,(H2,16,18). The molecular formula is C14H19BrN2OS. The van der Waals surface area contributed by atoms with Crippen molar-refractivity contribution in [3.8, 4) is 0 Å². The number of carbonyl (C=O) groups is 1. The van der Waals surface area contributed by atoms with Crippen LogP contribution in [0.5, 0.6) is 0 Å². The van der Waals surface area contributed by atoms with Crippen molar-refractivity contribution in [2.45, 2.75) is 36.1 Å². The minimum Gasteiger partial charge on any atom is -0.368 e. The minimum absolute atomic E-state index is 0.222. The third-order valence-corrected chi connectivity index (χ3v) is 5.95. The molecule has 0 heterocycles. The van der Waals surface area contributed by atoms with Crippen molar-refractivity contribution in [2.75, 3.05) is 5.75 Å². The SMILES string of the molecule is NC(=O)C1(N)CCCC1CCSc1ccccc1Br. The van der Waals surface area contributed by atoms with E-state index in [0.717, 1.165) is 35.9 Å². The summed E-state index contributed by atoms with van der Waals surface area (Å²) in [4.78, 5) is 12.7. The molecule has 1 saturated carbocycles. The van der Waals surface area contributed by atoms with Crippen LogP contribution in [0.4, 0.5) is 0 Å². The molecule has 0 bridgehead atoms. The van der Waals surface area contributed by atoms with Gasteiger partial charge in [0.1, 0.15) is 0 Å². The van der Waals surface area contributed by atoms with Crippen molar-refractivity contribution in [1.82, 2.24) is 0 Å². The lowest BCUT2D eigenvalue weighted by molar-refractivity contribution is -0.124. The number of amides is 1. The topological polar surface area (TPSA) is 69.1 Å². The molecule has 19 heavy (non-hydrogen) atoms. The van der Waals surface area contributed by atoms with E-state index >= 15 is 0 Å². The fraction of sp³-hybridized carbons (Fsp3) is 0.500. The quantitative estimate of drug-likeness (QED) is 0.808. The van der Waals surface area contributed by atoms with E-state index in [0.29, 0.717) is 0 Å². The van der Waals surface area contributed by atoms with Crippen molar-refractivity contribution < 1.29 is 4.79 Å². The molecule has 1 aliphatic carbocycles. The summed E-state index contributed by atoms with van der Waals surface area (Å²) in [6, 6.07) is 8.16. The smallest absolute Gasteiger partial charge is 0.237 e. The Balaban J connectivity index is 1.89. The van der Waals surface area contributed by atoms with Crippen molar-refractivity contribution in [1.29, 1.82) is 0 Å². The van der Waals surface area contributed by atoms with Crippen molar-refractivity contribution in [3.05, 3.63) is 28.7 Å². The Bertz CT molecular complexity index is 469. The second-order valence-corrected chi connectivity index (χ2v) is 7.05. The number of nitrogens with two attached hydrogens (primary N) is 2. The monoisotopic (exact) mass is 342 g/mol. The number of halogens is 1. The molecule has 5 heteroatoms. The van der Waals surface area contributed by atoms with Gasteiger partial charge >= 0.3 is 0 Å². The van der Waals surface area contributed by atoms with Crippen molar-refractivity contribution >= 4 is 33.6 Å². The summed E-state index contributed by atoms with van der Waals surface area (Å²) in [7, 11) is 0. The number of benzene rings is 1. The minimum atomic E-state index is -0.783. The fourth-order valence-corrected chi connectivity index (χ4v) is 4.33. The first kappa shape index (κ1) is 14.9. The van der Waals surface area contributed by atoms with Crippen LogP contribution in [0.15, 0.2) is 33.6 Å². The van der Waals surface area contributed by atoms with E-state index in [4.69, 9.17) is 11.5 Å². The average Bonchev–Trinajstić information content (AvgIpc) is 2.75. The van der Waals surface area contributed by atoms with Crippen LogP contribution in [0, 0.1) is 5.92 Å². The van der Waals surface area contributed by atoms with E-state index in [-0.39, 0.29) is 11.8 Å². The van der Waals surface area contributed by atoms with Gasteiger partial charge in [0.25, 0.3) is 0 Å². The number of thioether (sulfide) groups is 1. The summed E-state index contributed by atoms with van der Waals surface area (Å²) < 4.78 is 1.11. The summed E-state index contributed by atoms with van der Waals surface area (Å²) in [6.07, 6.45) is 3.68. The lowest BCUT2D eigenvalue weighted by atomic mass is 9.85. The highest BCUT2D eigenvalue weighted by Gasteiger charge is 2.43. The molecular weight excluding hydrogens is 324 g/mol. The Morgan fingerprint density at radius 3 is 2.89 bits per heavy atom. The lowest BCUT2D eigenvalue weighted by Crippen LogP contribution is -2.54. The summed E-state index contributed by atoms with van der Waals surface area (Å²) in [5, 5.41) is 0. The normalized spacial score (nSPS) is 26.5. The van der Waals surface area contributed by atoms with Crippen molar-refractivity contribution in [3.63, 3.8) is 0 Å². The number of carbonyl (C=O) groups excluding carboxylic acids is 1. The Hall–Kier alpha value is -0.520. The van der Waals surface area contributed by atoms with Gasteiger partial charge in [-0.3, -0.25) is 4.79 Å². The summed E-state index contributed by atoms with van der Waals surface area (Å²) in [5.74, 6) is 0.834. The van der Waals surface area contributed by atoms with Gasteiger partial charge in [-0.2, -0.15) is 0 Å². The predicted octanol–water partition coefficient (Wildman–Crippen LogP) is 2.91. The van der Waals surface area contributed by atoms with E-state index in [2.05, 4.69) is 22.0 Å². The van der Waals surface area contributed by atoms with Crippen LogP contribution in [-0.2, 0) is 4.79 Å². The van der Waals surface area contributed by atoms with Gasteiger partial charge in [-0.05, 0) is 59.0 Å². The van der Waals surface area contributed by atoms with E-state index in [1.54, 1.807) is 11.8 Å². The highest BCUT2D eigenvalue weighted by atomic mass is 79.9. The van der Waals surface area contributed by atoms with Crippen LogP contribution in [0.2, 0.25) is 0 Å². The molecule has 2 unspecified atom stereocenters. The van der Waals surface area contributed by atoms with Gasteiger partial charge in [0.2, 0.25) is 5.91 Å². The molecule has 4 N–H and O–H groups in total. The summed E-state index contributed by atoms with van der Waals surface area (Å²) >= 11 is 5.33. The molecule has 104 valence electrons. The first-order valence-electron chi connectivity index (χ1n) is 6.50. The Morgan fingerprint density at radius 2 is 2.21 bits per heavy atom. The maximum Gasteiger partial charge on any atom is 0.237 e. The predicted molar refractivity (Wildman–Crippen MR) is 82.9 cm³/mol. The van der Waals surface area contributed by atoms with E-state index in [1.165, 1.54) is 4.90 Å². The molecule has 1 aromatic carbocycles. The van der Waals surface area contributed by atoms with Crippen LogP contribution in [0.1, 0.15) is 25.7 Å². The molecule has 0 saturated heterocycles. The molecule has 0 spiro atoms. The molecule has 2 rings (SSSR count). The summed E-state index contributed by atoms with van der Waals surface area (Å²) in [6.45, 7) is 0. The molecule has 1 aliphatic rings. The number of hydrogen-bond acceptors (Lipinski definition) is 3. The molecule has 0 aromatic heterocycles. The number of primary amides is 1. The van der Waals surface area contributed by atoms with Gasteiger partial charge in [0.15, 0.2) is 0 Å². The lowest BCUT2D eigenvalue weighted by Gasteiger charge is -2.27. The zero-order valence-electron chi connectivity index (χ0n) is 10.8. The van der Waals surface area contributed by atoms with E-state index in [9.17, 15) is 4.79 Å². The molecule has 2 atom stereocenters. The van der Waals surface area contributed by atoms with Crippen LogP contribution in [0.25, 0.3) is 0 Å². The Labute approximate surface area is 126 Å². The number of rotatable bonds is 5. The maximum absolute atomic E-state index is 11.5. The largest absolute Gasteiger partial charge is 0.368 e. The molecule has 0 aliphatic heterocycles. The summed E-state index contributed by atoms with van der Waals surface area (Å²) in [5.41, 5.74) is 10.8. The molecule has 1 fully saturated rings. The second kappa shape index (κ2) is 6.29. The van der Waals surface area contributed by atoms with Gasteiger partial charge in [-0.25, -0.2) is 0 Å².